The van der Waals surface area contributed by atoms with Crippen molar-refractivity contribution in [1.82, 2.24) is 9.97 Å². The number of aromatic nitrogens is 2. The lowest BCUT2D eigenvalue weighted by molar-refractivity contribution is 1.30. The normalized spacial score (nSPS) is 10.5. The van der Waals surface area contributed by atoms with Gasteiger partial charge < -0.3 is 4.98 Å². The molecular formula is C11H11BrN2. The number of aromatic amines is 1. The molecule has 72 valence electrons. The van der Waals surface area contributed by atoms with Crippen molar-refractivity contribution in [2.45, 2.75) is 13.8 Å². The van der Waals surface area contributed by atoms with E-state index in [1.807, 2.05) is 0 Å². The number of imidazole rings is 1. The average molecular weight is 251 g/mol. The van der Waals surface area contributed by atoms with E-state index in [0.717, 1.165) is 10.3 Å². The zero-order chi connectivity index (χ0) is 10.1. The van der Waals surface area contributed by atoms with Crippen LogP contribution in [-0.2, 0) is 0 Å². The fourth-order valence-corrected chi connectivity index (χ4v) is 1.96. The van der Waals surface area contributed by atoms with Crippen LogP contribution in [0.15, 0.2) is 29.1 Å². The number of aryl methyl sites for hydroxylation is 2. The summed E-state index contributed by atoms with van der Waals surface area (Å²) < 4.78 is 0.935. The summed E-state index contributed by atoms with van der Waals surface area (Å²) in [6.45, 7) is 4.19. The lowest BCUT2D eigenvalue weighted by Gasteiger charge is -2.04. The molecule has 0 amide bonds. The maximum absolute atomic E-state index is 4.27. The van der Waals surface area contributed by atoms with Gasteiger partial charge in [0.25, 0.3) is 0 Å². The van der Waals surface area contributed by atoms with E-state index in [4.69, 9.17) is 0 Å². The zero-order valence-corrected chi connectivity index (χ0v) is 9.72. The van der Waals surface area contributed by atoms with Crippen LogP contribution in [0, 0.1) is 13.8 Å². The SMILES string of the molecule is Cc1ccc(-c2nc[nH]c2Br)c(C)c1. The Morgan fingerprint density at radius 1 is 1.29 bits per heavy atom. The lowest BCUT2D eigenvalue weighted by atomic mass is 10.0. The highest BCUT2D eigenvalue weighted by molar-refractivity contribution is 9.10. The Kier molecular flexibility index (Phi) is 2.42. The molecule has 0 aliphatic rings. The largest absolute Gasteiger partial charge is 0.339 e. The van der Waals surface area contributed by atoms with Gasteiger partial charge >= 0.3 is 0 Å². The predicted octanol–water partition coefficient (Wildman–Crippen LogP) is 3.46. The molecule has 2 aromatic rings. The van der Waals surface area contributed by atoms with Crippen LogP contribution in [0.3, 0.4) is 0 Å². The highest BCUT2D eigenvalue weighted by Gasteiger charge is 2.07. The molecule has 0 saturated heterocycles. The third kappa shape index (κ3) is 1.60. The topological polar surface area (TPSA) is 28.7 Å². The van der Waals surface area contributed by atoms with Crippen molar-refractivity contribution in [2.75, 3.05) is 0 Å². The molecule has 0 unspecified atom stereocenters. The molecule has 2 rings (SSSR count). The minimum absolute atomic E-state index is 0.935. The van der Waals surface area contributed by atoms with Gasteiger partial charge in [-0.3, -0.25) is 0 Å². The van der Waals surface area contributed by atoms with E-state index in [-0.39, 0.29) is 0 Å². The van der Waals surface area contributed by atoms with E-state index in [0.29, 0.717) is 0 Å². The first-order chi connectivity index (χ1) is 6.68. The zero-order valence-electron chi connectivity index (χ0n) is 8.13. The summed E-state index contributed by atoms with van der Waals surface area (Å²) in [5, 5.41) is 0. The predicted molar refractivity (Wildman–Crippen MR) is 61.2 cm³/mol. The molecule has 1 aromatic carbocycles. The lowest BCUT2D eigenvalue weighted by Crippen LogP contribution is -1.85. The van der Waals surface area contributed by atoms with E-state index >= 15 is 0 Å². The Bertz CT molecular complexity index is 460. The second-order valence-corrected chi connectivity index (χ2v) is 4.18. The number of hydrogen-bond donors (Lipinski definition) is 1. The molecule has 0 aliphatic carbocycles. The van der Waals surface area contributed by atoms with Gasteiger partial charge in [0.15, 0.2) is 0 Å². The third-order valence-corrected chi connectivity index (χ3v) is 2.83. The summed E-state index contributed by atoms with van der Waals surface area (Å²) in [5.41, 5.74) is 4.67. The molecule has 0 radical (unpaired) electrons. The molecule has 1 aromatic heterocycles. The minimum atomic E-state index is 0.935. The molecule has 0 saturated carbocycles. The van der Waals surface area contributed by atoms with Crippen LogP contribution >= 0.6 is 15.9 Å². The molecule has 0 aliphatic heterocycles. The average Bonchev–Trinajstić information content (AvgIpc) is 2.52. The highest BCUT2D eigenvalue weighted by atomic mass is 79.9. The van der Waals surface area contributed by atoms with E-state index in [1.165, 1.54) is 16.7 Å². The second kappa shape index (κ2) is 3.58. The standard InChI is InChI=1S/C11H11BrN2/c1-7-3-4-9(8(2)5-7)10-11(12)14-6-13-10/h3-6H,1-2H3,(H,13,14). The fourth-order valence-electron chi connectivity index (χ4n) is 1.55. The van der Waals surface area contributed by atoms with E-state index in [1.54, 1.807) is 6.33 Å². The van der Waals surface area contributed by atoms with Gasteiger partial charge in [-0.25, -0.2) is 4.98 Å². The van der Waals surface area contributed by atoms with Gasteiger partial charge in [0, 0.05) is 5.56 Å². The summed E-state index contributed by atoms with van der Waals surface area (Å²) in [6.07, 6.45) is 1.69. The van der Waals surface area contributed by atoms with Crippen molar-refractivity contribution in [3.8, 4) is 11.3 Å². The molecule has 14 heavy (non-hydrogen) atoms. The molecule has 0 atom stereocenters. The number of nitrogens with zero attached hydrogens (tertiary/aromatic N) is 1. The van der Waals surface area contributed by atoms with Gasteiger partial charge in [-0.05, 0) is 35.3 Å². The molecular weight excluding hydrogens is 240 g/mol. The molecule has 1 heterocycles. The van der Waals surface area contributed by atoms with Crippen LogP contribution in [0.1, 0.15) is 11.1 Å². The molecule has 0 spiro atoms. The van der Waals surface area contributed by atoms with Crippen LogP contribution in [0.2, 0.25) is 0 Å². The van der Waals surface area contributed by atoms with Crippen molar-refractivity contribution < 1.29 is 0 Å². The number of H-pyrrole nitrogens is 1. The highest BCUT2D eigenvalue weighted by Crippen LogP contribution is 2.27. The number of benzene rings is 1. The van der Waals surface area contributed by atoms with Crippen molar-refractivity contribution in [3.05, 3.63) is 40.3 Å². The van der Waals surface area contributed by atoms with Gasteiger partial charge in [-0.15, -0.1) is 0 Å². The minimum Gasteiger partial charge on any atom is -0.339 e. The third-order valence-electron chi connectivity index (χ3n) is 2.23. The fraction of sp³-hybridized carbons (Fsp3) is 0.182. The first-order valence-electron chi connectivity index (χ1n) is 4.45. The van der Waals surface area contributed by atoms with Gasteiger partial charge in [-0.2, -0.15) is 0 Å². The number of halogens is 1. The number of hydrogen-bond acceptors (Lipinski definition) is 1. The number of nitrogens with one attached hydrogen (secondary N) is 1. The molecule has 0 bridgehead atoms. The van der Waals surface area contributed by atoms with Crippen LogP contribution in [0.5, 0.6) is 0 Å². The number of rotatable bonds is 1. The van der Waals surface area contributed by atoms with Crippen LogP contribution in [0.4, 0.5) is 0 Å². The van der Waals surface area contributed by atoms with Crippen molar-refractivity contribution in [2.24, 2.45) is 0 Å². The Labute approximate surface area is 91.5 Å². The van der Waals surface area contributed by atoms with E-state index < -0.39 is 0 Å². The van der Waals surface area contributed by atoms with Crippen LogP contribution in [-0.4, -0.2) is 9.97 Å². The summed E-state index contributed by atoms with van der Waals surface area (Å²) in [6, 6.07) is 6.37. The van der Waals surface area contributed by atoms with Gasteiger partial charge in [0.05, 0.1) is 6.33 Å². The van der Waals surface area contributed by atoms with E-state index in [2.05, 4.69) is 57.9 Å². The van der Waals surface area contributed by atoms with E-state index in [9.17, 15) is 0 Å². The van der Waals surface area contributed by atoms with Crippen molar-refractivity contribution in [3.63, 3.8) is 0 Å². The maximum atomic E-state index is 4.27. The Morgan fingerprint density at radius 2 is 2.07 bits per heavy atom. The van der Waals surface area contributed by atoms with Crippen molar-refractivity contribution in [1.29, 1.82) is 0 Å². The van der Waals surface area contributed by atoms with Gasteiger partial charge in [0.2, 0.25) is 0 Å². The first-order valence-corrected chi connectivity index (χ1v) is 5.24. The summed E-state index contributed by atoms with van der Waals surface area (Å²) in [7, 11) is 0. The second-order valence-electron chi connectivity index (χ2n) is 3.38. The van der Waals surface area contributed by atoms with Gasteiger partial charge in [-0.1, -0.05) is 23.8 Å². The first kappa shape index (κ1) is 9.46. The Balaban J connectivity index is 2.58. The molecule has 3 heteroatoms. The van der Waals surface area contributed by atoms with Crippen LogP contribution < -0.4 is 0 Å². The maximum Gasteiger partial charge on any atom is 0.110 e. The van der Waals surface area contributed by atoms with Crippen molar-refractivity contribution >= 4 is 15.9 Å². The Morgan fingerprint density at radius 3 is 2.64 bits per heavy atom. The monoisotopic (exact) mass is 250 g/mol. The molecule has 0 fully saturated rings. The quantitative estimate of drug-likeness (QED) is 0.826. The van der Waals surface area contributed by atoms with Crippen LogP contribution in [0.25, 0.3) is 11.3 Å². The van der Waals surface area contributed by atoms with Gasteiger partial charge in [0.1, 0.15) is 10.3 Å². The molecule has 2 nitrogen and oxygen atoms in total. The summed E-state index contributed by atoms with van der Waals surface area (Å²) >= 11 is 3.44. The molecule has 1 N–H and O–H groups in total. The summed E-state index contributed by atoms with van der Waals surface area (Å²) in [5.74, 6) is 0. The summed E-state index contributed by atoms with van der Waals surface area (Å²) in [4.78, 5) is 7.29. The smallest absolute Gasteiger partial charge is 0.110 e. The Hall–Kier alpha value is -1.09.